The van der Waals surface area contributed by atoms with Crippen LogP contribution in [0.1, 0.15) is 42.0 Å². The maximum Gasteiger partial charge on any atom is 0.265 e. The lowest BCUT2D eigenvalue weighted by Crippen LogP contribution is -2.50. The molecule has 9 heteroatoms. The Balaban J connectivity index is 1.57. The molecule has 2 aliphatic rings. The van der Waals surface area contributed by atoms with Crippen molar-refractivity contribution >= 4 is 17.7 Å². The Morgan fingerprint density at radius 2 is 1.73 bits per heavy atom. The van der Waals surface area contributed by atoms with E-state index in [1.807, 2.05) is 24.3 Å². The first-order valence-electron chi connectivity index (χ1n) is 12.6. The molecule has 2 fully saturated rings. The summed E-state index contributed by atoms with van der Waals surface area (Å²) in [6.07, 6.45) is 0.381. The Morgan fingerprint density at radius 3 is 2.35 bits per heavy atom. The molecule has 4 rings (SSSR count). The van der Waals surface area contributed by atoms with Crippen molar-refractivity contribution in [1.82, 2.24) is 15.3 Å². The summed E-state index contributed by atoms with van der Waals surface area (Å²) in [4.78, 5) is 42.3. The number of aryl methyl sites for hydroxylation is 2. The summed E-state index contributed by atoms with van der Waals surface area (Å²) < 4.78 is 11.4. The molecule has 2 heterocycles. The Hall–Kier alpha value is -3.43. The highest BCUT2D eigenvalue weighted by molar-refractivity contribution is 5.98. The first kappa shape index (κ1) is 26.6. The zero-order chi connectivity index (χ0) is 26.6. The number of ether oxygens (including phenoxy) is 2. The number of nitrogens with one attached hydrogen (secondary N) is 1. The van der Waals surface area contributed by atoms with Crippen molar-refractivity contribution in [3.63, 3.8) is 0 Å². The molecule has 2 aliphatic heterocycles. The number of hydroxylamine groups is 1. The molecule has 3 amide bonds. The third-order valence-corrected chi connectivity index (χ3v) is 7.32. The van der Waals surface area contributed by atoms with E-state index < -0.39 is 17.4 Å². The van der Waals surface area contributed by atoms with E-state index in [1.54, 1.807) is 17.3 Å². The number of hydrogen-bond acceptors (Lipinski definition) is 6. The van der Waals surface area contributed by atoms with E-state index >= 15 is 0 Å². The molecule has 0 bridgehead atoms. The first-order chi connectivity index (χ1) is 17.7. The molecule has 2 aromatic carbocycles. The molecule has 2 unspecified atom stereocenters. The molecule has 37 heavy (non-hydrogen) atoms. The quantitative estimate of drug-likeness (QED) is 0.418. The van der Waals surface area contributed by atoms with Gasteiger partial charge >= 0.3 is 0 Å². The highest BCUT2D eigenvalue weighted by Gasteiger charge is 2.51. The average Bonchev–Trinajstić information content (AvgIpc) is 3.23. The molecule has 0 radical (unpaired) electrons. The fourth-order valence-electron chi connectivity index (χ4n) is 5.30. The minimum atomic E-state index is -1.11. The van der Waals surface area contributed by atoms with Gasteiger partial charge in [0.05, 0.1) is 18.6 Å². The van der Waals surface area contributed by atoms with Crippen LogP contribution in [0.3, 0.4) is 0 Å². The van der Waals surface area contributed by atoms with Gasteiger partial charge in [-0.25, -0.2) is 5.48 Å². The van der Waals surface area contributed by atoms with Crippen LogP contribution >= 0.6 is 0 Å². The molecule has 198 valence electrons. The number of carbonyl (C=O) groups is 3. The second-order valence-corrected chi connectivity index (χ2v) is 9.96. The normalized spacial score (nSPS) is 20.6. The van der Waals surface area contributed by atoms with E-state index in [4.69, 9.17) is 14.7 Å². The van der Waals surface area contributed by atoms with Crippen molar-refractivity contribution in [3.05, 3.63) is 64.7 Å². The minimum Gasteiger partial charge on any atom is -0.489 e. The zero-order valence-electron chi connectivity index (χ0n) is 21.7. The van der Waals surface area contributed by atoms with Crippen LogP contribution in [0.4, 0.5) is 0 Å². The third-order valence-electron chi connectivity index (χ3n) is 7.32. The number of benzene rings is 2. The zero-order valence-corrected chi connectivity index (χ0v) is 21.7. The van der Waals surface area contributed by atoms with E-state index in [0.29, 0.717) is 57.2 Å². The Kier molecular flexibility index (Phi) is 8.14. The lowest BCUT2D eigenvalue weighted by atomic mass is 9.75. The molecule has 2 atom stereocenters. The van der Waals surface area contributed by atoms with E-state index in [-0.39, 0.29) is 18.2 Å². The molecule has 2 aromatic rings. The topological polar surface area (TPSA) is 108 Å². The number of likely N-dealkylation sites (tertiary alicyclic amines) is 1. The van der Waals surface area contributed by atoms with Crippen molar-refractivity contribution < 1.29 is 29.1 Å². The lowest BCUT2D eigenvalue weighted by molar-refractivity contribution is -0.146. The predicted octanol–water partition coefficient (Wildman–Crippen LogP) is 2.50. The smallest absolute Gasteiger partial charge is 0.265 e. The largest absolute Gasteiger partial charge is 0.489 e. The van der Waals surface area contributed by atoms with Crippen LogP contribution in [0.2, 0.25) is 0 Å². The van der Waals surface area contributed by atoms with Gasteiger partial charge in [-0.2, -0.15) is 0 Å². The monoisotopic (exact) mass is 509 g/mol. The minimum absolute atomic E-state index is 0.00142. The van der Waals surface area contributed by atoms with E-state index in [9.17, 15) is 14.4 Å². The summed E-state index contributed by atoms with van der Waals surface area (Å²) in [7, 11) is 0. The summed E-state index contributed by atoms with van der Waals surface area (Å²) in [5.41, 5.74) is 4.65. The second-order valence-electron chi connectivity index (χ2n) is 9.96. The SMILES string of the molecule is Cc1cc(C)cc(COc2ccc(C3(CC(=O)N4CCOCC4)CCN(C(C)C(=O)NO)C3=O)cc2)c1. The molecule has 0 saturated carbocycles. The lowest BCUT2D eigenvalue weighted by Gasteiger charge is -2.33. The standard InChI is InChI=1S/C28H35N3O6/c1-19-14-20(2)16-22(15-19)18-37-24-6-4-23(5-7-24)28(17-25(32)30-10-12-36-13-11-30)8-9-31(27(28)34)21(3)26(33)29-35/h4-7,14-16,21,35H,8-13,17-18H2,1-3H3,(H,29,33). The summed E-state index contributed by atoms with van der Waals surface area (Å²) in [5.74, 6) is -0.422. The van der Waals surface area contributed by atoms with Gasteiger partial charge in [-0.05, 0) is 50.5 Å². The van der Waals surface area contributed by atoms with Crippen LogP contribution in [0, 0.1) is 13.8 Å². The molecule has 2 saturated heterocycles. The summed E-state index contributed by atoms with van der Waals surface area (Å²) in [6, 6.07) is 12.7. The van der Waals surface area contributed by atoms with Gasteiger partial charge in [-0.3, -0.25) is 19.6 Å². The van der Waals surface area contributed by atoms with Crippen LogP contribution in [-0.2, 0) is 31.1 Å². The number of amides is 3. The maximum atomic E-state index is 13.8. The molecule has 9 nitrogen and oxygen atoms in total. The van der Waals surface area contributed by atoms with Crippen molar-refractivity contribution in [2.24, 2.45) is 0 Å². The number of rotatable bonds is 8. The fourth-order valence-corrected chi connectivity index (χ4v) is 5.30. The van der Waals surface area contributed by atoms with Gasteiger partial charge in [0.25, 0.3) is 5.91 Å². The number of carbonyl (C=O) groups excluding carboxylic acids is 3. The third kappa shape index (κ3) is 5.78. The van der Waals surface area contributed by atoms with Crippen LogP contribution in [0.5, 0.6) is 5.75 Å². The van der Waals surface area contributed by atoms with Crippen LogP contribution < -0.4 is 10.2 Å². The molecular formula is C28H35N3O6. The number of hydrogen-bond donors (Lipinski definition) is 2. The predicted molar refractivity (Wildman–Crippen MR) is 136 cm³/mol. The Morgan fingerprint density at radius 1 is 1.08 bits per heavy atom. The summed E-state index contributed by atoms with van der Waals surface area (Å²) in [6.45, 7) is 8.30. The summed E-state index contributed by atoms with van der Waals surface area (Å²) >= 11 is 0. The van der Waals surface area contributed by atoms with Crippen LogP contribution in [-0.4, -0.2) is 71.6 Å². The second kappa shape index (κ2) is 11.3. The van der Waals surface area contributed by atoms with Crippen LogP contribution in [0.15, 0.2) is 42.5 Å². The Bertz CT molecular complexity index is 1120. The molecule has 0 aromatic heterocycles. The molecular weight excluding hydrogens is 474 g/mol. The highest BCUT2D eigenvalue weighted by atomic mass is 16.5. The van der Waals surface area contributed by atoms with Crippen molar-refractivity contribution in [3.8, 4) is 5.75 Å². The summed E-state index contributed by atoms with van der Waals surface area (Å²) in [5, 5.41) is 9.08. The van der Waals surface area contributed by atoms with Crippen LogP contribution in [0.25, 0.3) is 0 Å². The van der Waals surface area contributed by atoms with Crippen molar-refractivity contribution in [1.29, 1.82) is 0 Å². The number of morpholine rings is 1. The van der Waals surface area contributed by atoms with Gasteiger partial charge < -0.3 is 19.3 Å². The molecule has 0 spiro atoms. The van der Waals surface area contributed by atoms with Crippen molar-refractivity contribution in [2.75, 3.05) is 32.8 Å². The van der Waals surface area contributed by atoms with Gasteiger partial charge in [-0.15, -0.1) is 0 Å². The van der Waals surface area contributed by atoms with E-state index in [1.165, 1.54) is 16.0 Å². The van der Waals surface area contributed by atoms with Gasteiger partial charge in [-0.1, -0.05) is 41.5 Å². The van der Waals surface area contributed by atoms with Gasteiger partial charge in [0.15, 0.2) is 0 Å². The highest BCUT2D eigenvalue weighted by Crippen LogP contribution is 2.41. The molecule has 0 aliphatic carbocycles. The number of nitrogens with zero attached hydrogens (tertiary/aromatic N) is 2. The average molecular weight is 510 g/mol. The van der Waals surface area contributed by atoms with Gasteiger partial charge in [0.1, 0.15) is 18.4 Å². The molecule has 2 N–H and O–H groups in total. The van der Waals surface area contributed by atoms with Gasteiger partial charge in [0.2, 0.25) is 11.8 Å². The Labute approximate surface area is 217 Å². The van der Waals surface area contributed by atoms with Gasteiger partial charge in [0, 0.05) is 26.1 Å². The first-order valence-corrected chi connectivity index (χ1v) is 12.6. The van der Waals surface area contributed by atoms with E-state index in [0.717, 1.165) is 5.56 Å². The fraction of sp³-hybridized carbons (Fsp3) is 0.464. The van der Waals surface area contributed by atoms with Crippen molar-refractivity contribution in [2.45, 2.75) is 51.7 Å². The van der Waals surface area contributed by atoms with E-state index in [2.05, 4.69) is 32.0 Å². The maximum absolute atomic E-state index is 13.8.